The number of fused-ring (bicyclic) bond motifs is 1. The summed E-state index contributed by atoms with van der Waals surface area (Å²) in [7, 11) is -0.770. The summed E-state index contributed by atoms with van der Waals surface area (Å²) in [6, 6.07) is 3.62. The Morgan fingerprint density at radius 2 is 1.79 bits per heavy atom. The molecule has 1 aliphatic heterocycles. The molecule has 1 aromatic heterocycles. The van der Waals surface area contributed by atoms with Crippen LogP contribution < -0.4 is 24.2 Å². The van der Waals surface area contributed by atoms with Gasteiger partial charge < -0.3 is 19.3 Å². The first-order chi connectivity index (χ1) is 13.3. The van der Waals surface area contributed by atoms with Crippen molar-refractivity contribution in [3.05, 3.63) is 18.5 Å². The predicted molar refractivity (Wildman–Crippen MR) is 103 cm³/mol. The first kappa shape index (κ1) is 20.0. The molecule has 1 aromatic carbocycles. The number of aromatic nitrogens is 2. The Balaban J connectivity index is 1.75. The molecule has 3 rings (SSSR count). The highest BCUT2D eigenvalue weighted by atomic mass is 32.2. The number of nitrogens with zero attached hydrogens (tertiary/aromatic N) is 4. The van der Waals surface area contributed by atoms with Crippen LogP contribution in [0.4, 0.5) is 5.82 Å². The van der Waals surface area contributed by atoms with Crippen molar-refractivity contribution in [3.8, 4) is 11.5 Å². The van der Waals surface area contributed by atoms with Crippen LogP contribution in [0.15, 0.2) is 18.5 Å². The Hall–Kier alpha value is -2.70. The lowest BCUT2D eigenvalue weighted by Gasteiger charge is -2.35. The van der Waals surface area contributed by atoms with Gasteiger partial charge in [-0.05, 0) is 6.07 Å². The SMILES string of the molecule is COc1cc2ncnc(N3CCN(C(=O)CNS(N)(=O)=O)CC3)c2cc1OC. The van der Waals surface area contributed by atoms with Gasteiger partial charge in [0.15, 0.2) is 11.5 Å². The molecule has 3 N–H and O–H groups in total. The first-order valence-corrected chi connectivity index (χ1v) is 10.0. The van der Waals surface area contributed by atoms with Gasteiger partial charge in [0, 0.05) is 37.6 Å². The minimum atomic E-state index is -3.90. The Morgan fingerprint density at radius 3 is 2.39 bits per heavy atom. The van der Waals surface area contributed by atoms with Gasteiger partial charge >= 0.3 is 0 Å². The number of nitrogens with one attached hydrogen (secondary N) is 1. The minimum Gasteiger partial charge on any atom is -0.493 e. The van der Waals surface area contributed by atoms with Crippen LogP contribution in [0.2, 0.25) is 0 Å². The van der Waals surface area contributed by atoms with Crippen molar-refractivity contribution >= 4 is 32.8 Å². The van der Waals surface area contributed by atoms with Crippen LogP contribution in [0, 0.1) is 0 Å². The number of benzene rings is 1. The van der Waals surface area contributed by atoms with Gasteiger partial charge in [-0.25, -0.2) is 15.1 Å². The highest BCUT2D eigenvalue weighted by molar-refractivity contribution is 7.87. The number of rotatable bonds is 6. The van der Waals surface area contributed by atoms with Gasteiger partial charge in [-0.15, -0.1) is 0 Å². The number of carbonyl (C=O) groups excluding carboxylic acids is 1. The minimum absolute atomic E-state index is 0.326. The van der Waals surface area contributed by atoms with E-state index in [2.05, 4.69) is 9.97 Å². The van der Waals surface area contributed by atoms with E-state index in [1.807, 2.05) is 15.7 Å². The number of hydrogen-bond donors (Lipinski definition) is 2. The van der Waals surface area contributed by atoms with E-state index >= 15 is 0 Å². The summed E-state index contributed by atoms with van der Waals surface area (Å²) < 4.78 is 34.6. The summed E-state index contributed by atoms with van der Waals surface area (Å²) in [4.78, 5) is 24.5. The van der Waals surface area contributed by atoms with Crippen LogP contribution >= 0.6 is 0 Å². The molecule has 11 nitrogen and oxygen atoms in total. The molecule has 0 atom stereocenters. The number of piperazine rings is 1. The molecule has 2 aromatic rings. The van der Waals surface area contributed by atoms with E-state index in [0.29, 0.717) is 37.7 Å². The molecular formula is C16H22N6O5S. The third-order valence-electron chi connectivity index (χ3n) is 4.48. The molecule has 12 heteroatoms. The molecule has 1 amide bonds. The standard InChI is InChI=1S/C16H22N6O5S/c1-26-13-7-11-12(8-14(13)27-2)18-10-19-16(11)22-5-3-21(4-6-22)15(23)9-20-28(17,24)25/h7-8,10,20H,3-6,9H2,1-2H3,(H2,17,24,25). The van der Waals surface area contributed by atoms with Crippen molar-refractivity contribution in [3.63, 3.8) is 0 Å². The Kier molecular flexibility index (Phi) is 5.82. The van der Waals surface area contributed by atoms with Crippen LogP contribution in [0.3, 0.4) is 0 Å². The molecule has 0 unspecified atom stereocenters. The lowest BCUT2D eigenvalue weighted by molar-refractivity contribution is -0.130. The molecule has 1 fully saturated rings. The van der Waals surface area contributed by atoms with Crippen molar-refractivity contribution in [2.24, 2.45) is 5.14 Å². The summed E-state index contributed by atoms with van der Waals surface area (Å²) in [5.41, 5.74) is 0.721. The molecule has 28 heavy (non-hydrogen) atoms. The quantitative estimate of drug-likeness (QED) is 0.624. The van der Waals surface area contributed by atoms with Crippen molar-refractivity contribution in [1.29, 1.82) is 0 Å². The monoisotopic (exact) mass is 410 g/mol. The molecule has 1 aliphatic rings. The van der Waals surface area contributed by atoms with E-state index in [0.717, 1.165) is 16.7 Å². The van der Waals surface area contributed by atoms with Crippen molar-refractivity contribution in [2.45, 2.75) is 0 Å². The lowest BCUT2D eigenvalue weighted by Crippen LogP contribution is -2.51. The number of carbonyl (C=O) groups is 1. The maximum Gasteiger partial charge on any atom is 0.274 e. The fourth-order valence-electron chi connectivity index (χ4n) is 3.06. The highest BCUT2D eigenvalue weighted by Gasteiger charge is 2.24. The zero-order chi connectivity index (χ0) is 20.3. The average Bonchev–Trinajstić information content (AvgIpc) is 2.70. The van der Waals surface area contributed by atoms with Gasteiger partial charge in [-0.2, -0.15) is 13.1 Å². The molecule has 0 radical (unpaired) electrons. The van der Waals surface area contributed by atoms with Gasteiger partial charge in [0.05, 0.1) is 26.3 Å². The van der Waals surface area contributed by atoms with Gasteiger partial charge in [0.2, 0.25) is 5.91 Å². The largest absolute Gasteiger partial charge is 0.493 e. The van der Waals surface area contributed by atoms with Gasteiger partial charge in [0.25, 0.3) is 10.2 Å². The normalized spacial score (nSPS) is 15.0. The predicted octanol–water partition coefficient (Wildman–Crippen LogP) is -0.911. The van der Waals surface area contributed by atoms with Crippen molar-refractivity contribution in [1.82, 2.24) is 19.6 Å². The lowest BCUT2D eigenvalue weighted by atomic mass is 10.2. The summed E-state index contributed by atoms with van der Waals surface area (Å²) in [6.07, 6.45) is 1.48. The fourth-order valence-corrected chi connectivity index (χ4v) is 3.39. The number of methoxy groups -OCH3 is 2. The van der Waals surface area contributed by atoms with E-state index in [4.69, 9.17) is 14.6 Å². The van der Waals surface area contributed by atoms with Crippen LogP contribution in [0.1, 0.15) is 0 Å². The smallest absolute Gasteiger partial charge is 0.274 e. The van der Waals surface area contributed by atoms with Crippen LogP contribution in [0.25, 0.3) is 10.9 Å². The number of amides is 1. The summed E-state index contributed by atoms with van der Waals surface area (Å²) in [6.45, 7) is 1.60. The summed E-state index contributed by atoms with van der Waals surface area (Å²) in [5.74, 6) is 1.57. The van der Waals surface area contributed by atoms with Crippen LogP contribution in [0.5, 0.6) is 11.5 Å². The van der Waals surface area contributed by atoms with E-state index < -0.39 is 10.2 Å². The fraction of sp³-hybridized carbons (Fsp3) is 0.438. The van der Waals surface area contributed by atoms with Crippen molar-refractivity contribution < 1.29 is 22.7 Å². The third kappa shape index (κ3) is 4.40. The molecule has 1 saturated heterocycles. The Bertz CT molecular complexity index is 975. The van der Waals surface area contributed by atoms with Gasteiger partial charge in [-0.1, -0.05) is 0 Å². The van der Waals surface area contributed by atoms with Crippen LogP contribution in [-0.2, 0) is 15.0 Å². The number of hydrogen-bond acceptors (Lipinski definition) is 8. The summed E-state index contributed by atoms with van der Waals surface area (Å²) >= 11 is 0. The van der Waals surface area contributed by atoms with Gasteiger partial charge in [-0.3, -0.25) is 4.79 Å². The molecule has 0 saturated carbocycles. The maximum absolute atomic E-state index is 12.1. The average molecular weight is 410 g/mol. The molecule has 152 valence electrons. The molecule has 0 bridgehead atoms. The Morgan fingerprint density at radius 1 is 1.14 bits per heavy atom. The molecular weight excluding hydrogens is 388 g/mol. The topological polar surface area (TPSA) is 140 Å². The number of ether oxygens (including phenoxy) is 2. The van der Waals surface area contributed by atoms with E-state index in [1.54, 1.807) is 25.2 Å². The number of nitrogens with two attached hydrogens (primary N) is 1. The number of anilines is 1. The van der Waals surface area contributed by atoms with E-state index in [9.17, 15) is 13.2 Å². The second-order valence-electron chi connectivity index (χ2n) is 6.16. The molecule has 0 aliphatic carbocycles. The Labute approximate surface area is 162 Å². The first-order valence-electron chi connectivity index (χ1n) is 8.49. The third-order valence-corrected chi connectivity index (χ3v) is 5.02. The summed E-state index contributed by atoms with van der Waals surface area (Å²) in [5, 5.41) is 5.67. The zero-order valence-corrected chi connectivity index (χ0v) is 16.4. The van der Waals surface area contributed by atoms with Crippen LogP contribution in [-0.4, -0.2) is 76.1 Å². The zero-order valence-electron chi connectivity index (χ0n) is 15.6. The van der Waals surface area contributed by atoms with Gasteiger partial charge in [0.1, 0.15) is 12.1 Å². The van der Waals surface area contributed by atoms with E-state index in [1.165, 1.54) is 6.33 Å². The van der Waals surface area contributed by atoms with Crippen molar-refractivity contribution in [2.75, 3.05) is 51.8 Å². The molecule has 2 heterocycles. The second kappa shape index (κ2) is 8.12. The highest BCUT2D eigenvalue weighted by Crippen LogP contribution is 2.34. The maximum atomic E-state index is 12.1. The second-order valence-corrected chi connectivity index (χ2v) is 7.53. The molecule has 0 spiro atoms. The van der Waals surface area contributed by atoms with E-state index in [-0.39, 0.29) is 12.5 Å².